The summed E-state index contributed by atoms with van der Waals surface area (Å²) in [5, 5.41) is 17.2. The number of aromatic nitrogens is 2. The van der Waals surface area contributed by atoms with E-state index in [1.54, 1.807) is 12.1 Å². The minimum Gasteiger partial charge on any atom is -0.480 e. The van der Waals surface area contributed by atoms with Crippen molar-refractivity contribution in [2.45, 2.75) is 25.9 Å². The van der Waals surface area contributed by atoms with E-state index in [2.05, 4.69) is 10.2 Å². The smallest absolute Gasteiger partial charge is 0.233 e. The van der Waals surface area contributed by atoms with Crippen molar-refractivity contribution in [2.75, 3.05) is 7.11 Å². The molecule has 1 N–H and O–H groups in total. The summed E-state index contributed by atoms with van der Waals surface area (Å²) in [5.41, 5.74) is 0.600. The maximum absolute atomic E-state index is 9.54. The summed E-state index contributed by atoms with van der Waals surface area (Å²) in [6, 6.07) is 3.42. The molecule has 0 aliphatic heterocycles. The van der Waals surface area contributed by atoms with Gasteiger partial charge in [-0.3, -0.25) is 0 Å². The molecule has 0 aliphatic carbocycles. The van der Waals surface area contributed by atoms with Gasteiger partial charge in [-0.25, -0.2) is 0 Å². The van der Waals surface area contributed by atoms with Crippen molar-refractivity contribution >= 4 is 0 Å². The summed E-state index contributed by atoms with van der Waals surface area (Å²) >= 11 is 0. The number of aliphatic hydroxyl groups excluding tert-OH is 1. The van der Waals surface area contributed by atoms with Gasteiger partial charge in [-0.05, 0) is 12.5 Å². The molecule has 1 heterocycles. The molecule has 0 saturated carbocycles. The van der Waals surface area contributed by atoms with E-state index in [1.807, 2.05) is 6.92 Å². The SMILES string of the molecule is CCCC(O)c1ccc(OC)nn1. The Hall–Kier alpha value is -1.16. The van der Waals surface area contributed by atoms with Crippen LogP contribution >= 0.6 is 0 Å². The summed E-state index contributed by atoms with van der Waals surface area (Å²) in [6.45, 7) is 2.01. The van der Waals surface area contributed by atoms with E-state index in [0.29, 0.717) is 18.0 Å². The average molecular weight is 182 g/mol. The molecule has 4 heteroatoms. The molecule has 1 aromatic heterocycles. The molecule has 0 spiro atoms. The minimum atomic E-state index is -0.511. The van der Waals surface area contributed by atoms with Gasteiger partial charge in [-0.1, -0.05) is 13.3 Å². The Kier molecular flexibility index (Phi) is 3.64. The van der Waals surface area contributed by atoms with Crippen molar-refractivity contribution in [3.63, 3.8) is 0 Å². The Morgan fingerprint density at radius 3 is 2.69 bits per heavy atom. The van der Waals surface area contributed by atoms with E-state index < -0.39 is 6.10 Å². The summed E-state index contributed by atoms with van der Waals surface area (Å²) in [6.07, 6.45) is 1.12. The summed E-state index contributed by atoms with van der Waals surface area (Å²) in [7, 11) is 1.53. The topological polar surface area (TPSA) is 55.2 Å². The molecule has 1 atom stereocenters. The first-order valence-corrected chi connectivity index (χ1v) is 4.33. The molecular weight excluding hydrogens is 168 g/mol. The largest absolute Gasteiger partial charge is 0.480 e. The molecule has 0 amide bonds. The van der Waals surface area contributed by atoms with Gasteiger partial charge in [0.1, 0.15) is 0 Å². The Morgan fingerprint density at radius 2 is 2.23 bits per heavy atom. The second-order valence-corrected chi connectivity index (χ2v) is 2.81. The fraction of sp³-hybridized carbons (Fsp3) is 0.556. The molecule has 0 saturated heterocycles. The lowest BCUT2D eigenvalue weighted by Crippen LogP contribution is -2.02. The van der Waals surface area contributed by atoms with Crippen LogP contribution in [0.3, 0.4) is 0 Å². The third-order valence-electron chi connectivity index (χ3n) is 1.77. The number of ether oxygens (including phenoxy) is 1. The number of hydrogen-bond acceptors (Lipinski definition) is 4. The van der Waals surface area contributed by atoms with Gasteiger partial charge in [-0.15, -0.1) is 10.2 Å². The van der Waals surface area contributed by atoms with E-state index in [1.165, 1.54) is 7.11 Å². The number of aliphatic hydroxyl groups is 1. The second kappa shape index (κ2) is 4.77. The third-order valence-corrected chi connectivity index (χ3v) is 1.77. The maximum Gasteiger partial charge on any atom is 0.233 e. The molecular formula is C9H14N2O2. The van der Waals surface area contributed by atoms with Crippen LogP contribution in [0.2, 0.25) is 0 Å². The second-order valence-electron chi connectivity index (χ2n) is 2.81. The average Bonchev–Trinajstić information content (AvgIpc) is 2.18. The lowest BCUT2D eigenvalue weighted by Gasteiger charge is -2.07. The van der Waals surface area contributed by atoms with E-state index in [9.17, 15) is 5.11 Å². The summed E-state index contributed by atoms with van der Waals surface area (Å²) in [5.74, 6) is 0.465. The summed E-state index contributed by atoms with van der Waals surface area (Å²) in [4.78, 5) is 0. The van der Waals surface area contributed by atoms with Crippen molar-refractivity contribution in [3.8, 4) is 5.88 Å². The highest BCUT2D eigenvalue weighted by Crippen LogP contribution is 2.16. The normalized spacial score (nSPS) is 12.5. The Labute approximate surface area is 77.6 Å². The van der Waals surface area contributed by atoms with Crippen LogP contribution in [0, 0.1) is 0 Å². The van der Waals surface area contributed by atoms with Crippen LogP contribution in [0.15, 0.2) is 12.1 Å². The molecule has 1 aromatic rings. The van der Waals surface area contributed by atoms with Crippen LogP contribution in [-0.2, 0) is 0 Å². The van der Waals surface area contributed by atoms with Crippen LogP contribution in [0.4, 0.5) is 0 Å². The fourth-order valence-corrected chi connectivity index (χ4v) is 1.04. The van der Waals surface area contributed by atoms with Gasteiger partial charge in [0.25, 0.3) is 0 Å². The molecule has 0 bridgehead atoms. The van der Waals surface area contributed by atoms with Gasteiger partial charge in [0.2, 0.25) is 5.88 Å². The highest BCUT2D eigenvalue weighted by Gasteiger charge is 2.07. The van der Waals surface area contributed by atoms with Gasteiger partial charge in [0.15, 0.2) is 0 Å². The number of hydrogen-bond donors (Lipinski definition) is 1. The minimum absolute atomic E-state index is 0.465. The van der Waals surface area contributed by atoms with Crippen LogP contribution in [0.5, 0.6) is 5.88 Å². The van der Waals surface area contributed by atoms with E-state index in [-0.39, 0.29) is 0 Å². The highest BCUT2D eigenvalue weighted by molar-refractivity contribution is 5.12. The predicted molar refractivity (Wildman–Crippen MR) is 48.5 cm³/mol. The van der Waals surface area contributed by atoms with Crippen molar-refractivity contribution in [1.82, 2.24) is 10.2 Å². The van der Waals surface area contributed by atoms with Crippen LogP contribution in [0.1, 0.15) is 31.6 Å². The molecule has 72 valence electrons. The molecule has 0 aliphatic rings. The predicted octanol–water partition coefficient (Wildman–Crippen LogP) is 1.32. The van der Waals surface area contributed by atoms with Crippen LogP contribution in [0.25, 0.3) is 0 Å². The lowest BCUT2D eigenvalue weighted by molar-refractivity contribution is 0.160. The van der Waals surface area contributed by atoms with E-state index in [4.69, 9.17) is 4.74 Å². The monoisotopic (exact) mass is 182 g/mol. The zero-order valence-corrected chi connectivity index (χ0v) is 7.90. The number of rotatable bonds is 4. The van der Waals surface area contributed by atoms with Gasteiger partial charge >= 0.3 is 0 Å². The standard InChI is InChI=1S/C9H14N2O2/c1-3-4-8(12)7-5-6-9(13-2)11-10-7/h5-6,8,12H,3-4H2,1-2H3. The Balaban J connectivity index is 2.67. The first-order valence-electron chi connectivity index (χ1n) is 4.33. The third kappa shape index (κ3) is 2.66. The number of nitrogens with zero attached hydrogens (tertiary/aromatic N) is 2. The molecule has 0 radical (unpaired) electrons. The molecule has 1 rings (SSSR count). The first kappa shape index (κ1) is 9.92. The van der Waals surface area contributed by atoms with Gasteiger partial charge < -0.3 is 9.84 Å². The van der Waals surface area contributed by atoms with Crippen molar-refractivity contribution in [1.29, 1.82) is 0 Å². The quantitative estimate of drug-likeness (QED) is 0.763. The van der Waals surface area contributed by atoms with Crippen molar-refractivity contribution in [3.05, 3.63) is 17.8 Å². The van der Waals surface area contributed by atoms with Crippen LogP contribution < -0.4 is 4.74 Å². The molecule has 0 fully saturated rings. The zero-order chi connectivity index (χ0) is 9.68. The van der Waals surface area contributed by atoms with Gasteiger partial charge in [0.05, 0.1) is 18.9 Å². The van der Waals surface area contributed by atoms with Crippen molar-refractivity contribution in [2.24, 2.45) is 0 Å². The fourth-order valence-electron chi connectivity index (χ4n) is 1.04. The molecule has 13 heavy (non-hydrogen) atoms. The molecule has 0 aromatic carbocycles. The van der Waals surface area contributed by atoms with Crippen LogP contribution in [-0.4, -0.2) is 22.4 Å². The molecule has 1 unspecified atom stereocenters. The Bertz CT molecular complexity index is 248. The van der Waals surface area contributed by atoms with Gasteiger partial charge in [-0.2, -0.15) is 0 Å². The lowest BCUT2D eigenvalue weighted by atomic mass is 10.1. The Morgan fingerprint density at radius 1 is 1.46 bits per heavy atom. The first-order chi connectivity index (χ1) is 6.27. The highest BCUT2D eigenvalue weighted by atomic mass is 16.5. The molecule has 4 nitrogen and oxygen atoms in total. The van der Waals surface area contributed by atoms with Crippen molar-refractivity contribution < 1.29 is 9.84 Å². The zero-order valence-electron chi connectivity index (χ0n) is 7.90. The summed E-state index contributed by atoms with van der Waals surface area (Å²) < 4.78 is 4.85. The van der Waals surface area contributed by atoms with Gasteiger partial charge in [0, 0.05) is 6.07 Å². The van der Waals surface area contributed by atoms with E-state index in [0.717, 1.165) is 6.42 Å². The number of methoxy groups -OCH3 is 1. The maximum atomic E-state index is 9.54. The van der Waals surface area contributed by atoms with E-state index >= 15 is 0 Å².